The third kappa shape index (κ3) is 3.47. The highest BCUT2D eigenvalue weighted by atomic mass is 32.2. The standard InChI is InChI=1S/C20H20N2O4S/c1-13(23)16-3-2-4-18(11-16)27(25,26)21-17-8-7-14-9-10-22(19(14)12-17)20(24)15-5-6-15/h2-4,7-8,11-12,15,21H,5-6,9-10H2,1H3. The number of fused-ring (bicyclic) bond motifs is 1. The molecule has 0 unspecified atom stereocenters. The summed E-state index contributed by atoms with van der Waals surface area (Å²) in [5, 5.41) is 0. The van der Waals surface area contributed by atoms with Gasteiger partial charge < -0.3 is 4.90 Å². The third-order valence-electron chi connectivity index (χ3n) is 4.98. The van der Waals surface area contributed by atoms with Gasteiger partial charge in [-0.15, -0.1) is 0 Å². The van der Waals surface area contributed by atoms with Gasteiger partial charge in [-0.25, -0.2) is 8.42 Å². The second-order valence-corrected chi connectivity index (χ2v) is 8.73. The first-order valence-corrected chi connectivity index (χ1v) is 10.4. The Morgan fingerprint density at radius 2 is 1.89 bits per heavy atom. The molecule has 0 spiro atoms. The molecule has 1 heterocycles. The van der Waals surface area contributed by atoms with Crippen molar-refractivity contribution in [1.82, 2.24) is 0 Å². The second kappa shape index (κ2) is 6.49. The molecule has 0 aromatic heterocycles. The monoisotopic (exact) mass is 384 g/mol. The number of rotatable bonds is 5. The first-order valence-electron chi connectivity index (χ1n) is 8.93. The van der Waals surface area contributed by atoms with Gasteiger partial charge in [-0.3, -0.25) is 14.3 Å². The molecule has 140 valence electrons. The van der Waals surface area contributed by atoms with E-state index in [1.54, 1.807) is 29.2 Å². The van der Waals surface area contributed by atoms with E-state index in [4.69, 9.17) is 0 Å². The average molecular weight is 384 g/mol. The van der Waals surface area contributed by atoms with Crippen LogP contribution in [0.2, 0.25) is 0 Å². The van der Waals surface area contributed by atoms with Gasteiger partial charge in [0.2, 0.25) is 5.91 Å². The molecule has 6 nitrogen and oxygen atoms in total. The van der Waals surface area contributed by atoms with Gasteiger partial charge in [0.05, 0.1) is 10.6 Å². The van der Waals surface area contributed by atoms with Gasteiger partial charge in [-0.05, 0) is 56.0 Å². The number of ketones is 1. The smallest absolute Gasteiger partial charge is 0.261 e. The highest BCUT2D eigenvalue weighted by Crippen LogP contribution is 2.37. The van der Waals surface area contributed by atoms with Gasteiger partial charge in [-0.2, -0.15) is 0 Å². The van der Waals surface area contributed by atoms with Crippen LogP contribution in [-0.2, 0) is 21.2 Å². The summed E-state index contributed by atoms with van der Waals surface area (Å²) in [6.45, 7) is 2.03. The minimum absolute atomic E-state index is 0.0293. The first kappa shape index (κ1) is 17.7. The largest absolute Gasteiger partial charge is 0.312 e. The highest BCUT2D eigenvalue weighted by molar-refractivity contribution is 7.92. The van der Waals surface area contributed by atoms with Crippen LogP contribution in [0.5, 0.6) is 0 Å². The number of nitrogens with zero attached hydrogens (tertiary/aromatic N) is 1. The van der Waals surface area contributed by atoms with Crippen LogP contribution < -0.4 is 9.62 Å². The SMILES string of the molecule is CC(=O)c1cccc(S(=O)(=O)Nc2ccc3c(c2)N(C(=O)C2CC2)CC3)c1. The molecule has 27 heavy (non-hydrogen) atoms. The lowest BCUT2D eigenvalue weighted by Gasteiger charge is -2.18. The summed E-state index contributed by atoms with van der Waals surface area (Å²) in [5.74, 6) is 0.0485. The molecule has 0 saturated heterocycles. The Kier molecular flexibility index (Phi) is 4.26. The van der Waals surface area contributed by atoms with E-state index in [0.29, 0.717) is 17.8 Å². The summed E-state index contributed by atoms with van der Waals surface area (Å²) < 4.78 is 28.0. The van der Waals surface area contributed by atoms with E-state index in [0.717, 1.165) is 30.5 Å². The number of sulfonamides is 1. The highest BCUT2D eigenvalue weighted by Gasteiger charge is 2.36. The van der Waals surface area contributed by atoms with Gasteiger partial charge in [0.1, 0.15) is 0 Å². The molecule has 1 saturated carbocycles. The van der Waals surface area contributed by atoms with E-state index in [-0.39, 0.29) is 22.5 Å². The summed E-state index contributed by atoms with van der Waals surface area (Å²) in [4.78, 5) is 25.8. The molecule has 4 rings (SSSR count). The van der Waals surface area contributed by atoms with Gasteiger partial charge in [0, 0.05) is 23.7 Å². The molecule has 1 aliphatic heterocycles. The lowest BCUT2D eigenvalue weighted by Crippen LogP contribution is -2.30. The van der Waals surface area contributed by atoms with Crippen molar-refractivity contribution in [2.24, 2.45) is 5.92 Å². The number of carbonyl (C=O) groups excluding carboxylic acids is 2. The lowest BCUT2D eigenvalue weighted by atomic mass is 10.1. The summed E-state index contributed by atoms with van der Waals surface area (Å²) in [6, 6.07) is 11.2. The quantitative estimate of drug-likeness (QED) is 0.804. The molecule has 7 heteroatoms. The van der Waals surface area contributed by atoms with Crippen LogP contribution in [0, 0.1) is 5.92 Å². The number of hydrogen-bond acceptors (Lipinski definition) is 4. The lowest BCUT2D eigenvalue weighted by molar-refractivity contribution is -0.119. The number of hydrogen-bond donors (Lipinski definition) is 1. The van der Waals surface area contributed by atoms with Gasteiger partial charge >= 0.3 is 0 Å². The van der Waals surface area contributed by atoms with E-state index >= 15 is 0 Å². The summed E-state index contributed by atoms with van der Waals surface area (Å²) >= 11 is 0. The van der Waals surface area contributed by atoms with E-state index < -0.39 is 10.0 Å². The molecule has 1 fully saturated rings. The van der Waals surface area contributed by atoms with Crippen molar-refractivity contribution in [2.75, 3.05) is 16.2 Å². The van der Waals surface area contributed by atoms with Crippen molar-refractivity contribution >= 4 is 33.1 Å². The maximum atomic E-state index is 12.7. The van der Waals surface area contributed by atoms with Crippen molar-refractivity contribution in [2.45, 2.75) is 31.1 Å². The summed E-state index contributed by atoms with van der Waals surface area (Å²) in [7, 11) is -3.83. The van der Waals surface area contributed by atoms with E-state index in [9.17, 15) is 18.0 Å². The average Bonchev–Trinajstić information content (AvgIpc) is 3.41. The molecule has 2 aromatic carbocycles. The normalized spacial score (nSPS) is 16.1. The maximum Gasteiger partial charge on any atom is 0.261 e. The molecule has 2 aliphatic rings. The Hall–Kier alpha value is -2.67. The fourth-order valence-corrected chi connectivity index (χ4v) is 4.41. The second-order valence-electron chi connectivity index (χ2n) is 7.05. The zero-order valence-corrected chi connectivity index (χ0v) is 15.8. The van der Waals surface area contributed by atoms with Crippen molar-refractivity contribution in [1.29, 1.82) is 0 Å². The molecule has 1 N–H and O–H groups in total. The molecular weight excluding hydrogens is 364 g/mol. The predicted octanol–water partition coefficient (Wildman–Crippen LogP) is 2.99. The van der Waals surface area contributed by atoms with Crippen molar-refractivity contribution in [3.63, 3.8) is 0 Å². The van der Waals surface area contributed by atoms with Crippen LogP contribution in [0.25, 0.3) is 0 Å². The summed E-state index contributed by atoms with van der Waals surface area (Å²) in [5.41, 5.74) is 2.57. The Balaban J connectivity index is 1.61. The predicted molar refractivity (Wildman–Crippen MR) is 102 cm³/mol. The van der Waals surface area contributed by atoms with Crippen LogP contribution in [-0.4, -0.2) is 26.7 Å². The van der Waals surface area contributed by atoms with Crippen LogP contribution >= 0.6 is 0 Å². The minimum atomic E-state index is -3.83. The number of benzene rings is 2. The number of anilines is 2. The van der Waals surface area contributed by atoms with Crippen molar-refractivity contribution in [3.8, 4) is 0 Å². The molecule has 0 radical (unpaired) electrons. The zero-order chi connectivity index (χ0) is 19.2. The Labute approximate surface area is 158 Å². The molecule has 2 aromatic rings. The van der Waals surface area contributed by atoms with Crippen LogP contribution in [0.1, 0.15) is 35.7 Å². The zero-order valence-electron chi connectivity index (χ0n) is 14.9. The number of nitrogens with one attached hydrogen (secondary N) is 1. The number of amides is 1. The van der Waals surface area contributed by atoms with E-state index in [1.165, 1.54) is 19.1 Å². The first-order chi connectivity index (χ1) is 12.8. The molecule has 0 atom stereocenters. The maximum absolute atomic E-state index is 12.7. The van der Waals surface area contributed by atoms with Crippen LogP contribution in [0.15, 0.2) is 47.4 Å². The van der Waals surface area contributed by atoms with E-state index in [2.05, 4.69) is 4.72 Å². The van der Waals surface area contributed by atoms with Crippen molar-refractivity contribution < 1.29 is 18.0 Å². The van der Waals surface area contributed by atoms with Crippen LogP contribution in [0.3, 0.4) is 0 Å². The summed E-state index contributed by atoms with van der Waals surface area (Å²) in [6.07, 6.45) is 2.65. The topological polar surface area (TPSA) is 83.6 Å². The van der Waals surface area contributed by atoms with Gasteiger partial charge in [0.25, 0.3) is 10.0 Å². The molecule has 1 aliphatic carbocycles. The Morgan fingerprint density at radius 1 is 1.11 bits per heavy atom. The Morgan fingerprint density at radius 3 is 2.59 bits per heavy atom. The fraction of sp³-hybridized carbons (Fsp3) is 0.300. The third-order valence-corrected chi connectivity index (χ3v) is 6.36. The molecule has 0 bridgehead atoms. The molecule has 1 amide bonds. The van der Waals surface area contributed by atoms with E-state index in [1.807, 2.05) is 6.07 Å². The van der Waals surface area contributed by atoms with Crippen molar-refractivity contribution in [3.05, 3.63) is 53.6 Å². The number of Topliss-reactive ketones (excluding diaryl/α,β-unsaturated/α-hetero) is 1. The van der Waals surface area contributed by atoms with Gasteiger partial charge in [0.15, 0.2) is 5.78 Å². The van der Waals surface area contributed by atoms with Crippen LogP contribution in [0.4, 0.5) is 11.4 Å². The molecular formula is C20H20N2O4S. The fourth-order valence-electron chi connectivity index (χ4n) is 3.32. The minimum Gasteiger partial charge on any atom is -0.312 e. The van der Waals surface area contributed by atoms with Gasteiger partial charge in [-0.1, -0.05) is 18.2 Å². The Bertz CT molecular complexity index is 1040. The number of carbonyl (C=O) groups is 2.